The average Bonchev–Trinajstić information content (AvgIpc) is 2.54. The summed E-state index contributed by atoms with van der Waals surface area (Å²) >= 11 is 5.96. The van der Waals surface area contributed by atoms with Crippen LogP contribution in [0.5, 0.6) is 0 Å². The second-order valence-corrected chi connectivity index (χ2v) is 5.47. The zero-order valence-electron chi connectivity index (χ0n) is 13.0. The third kappa shape index (κ3) is 3.71. The van der Waals surface area contributed by atoms with Crippen LogP contribution in [0.3, 0.4) is 0 Å². The van der Waals surface area contributed by atoms with E-state index in [2.05, 4.69) is 10.6 Å². The third-order valence-electron chi connectivity index (χ3n) is 3.33. The van der Waals surface area contributed by atoms with Crippen LogP contribution < -0.4 is 10.6 Å². The Morgan fingerprint density at radius 1 is 1.04 bits per heavy atom. The molecule has 2 aromatic carbocycles. The summed E-state index contributed by atoms with van der Waals surface area (Å²) in [4.78, 5) is 24.0. The number of carbonyl (C=O) groups is 2. The van der Waals surface area contributed by atoms with Crippen molar-refractivity contribution in [1.29, 1.82) is 0 Å². The highest BCUT2D eigenvalue weighted by Gasteiger charge is 2.18. The van der Waals surface area contributed by atoms with Crippen LogP contribution in [0, 0.1) is 18.6 Å². The van der Waals surface area contributed by atoms with Gasteiger partial charge < -0.3 is 10.6 Å². The highest BCUT2D eigenvalue weighted by atomic mass is 35.5. The minimum Gasteiger partial charge on any atom is -0.352 e. The van der Waals surface area contributed by atoms with Gasteiger partial charge >= 0.3 is 0 Å². The van der Waals surface area contributed by atoms with E-state index < -0.39 is 29.0 Å². The molecule has 0 saturated carbocycles. The molecule has 0 radical (unpaired) electrons. The van der Waals surface area contributed by atoms with E-state index in [9.17, 15) is 18.4 Å². The van der Waals surface area contributed by atoms with Gasteiger partial charge in [0.05, 0.1) is 16.1 Å². The fourth-order valence-corrected chi connectivity index (χ4v) is 2.26. The highest BCUT2D eigenvalue weighted by molar-refractivity contribution is 6.34. The number of hydrogen-bond acceptors (Lipinski definition) is 2. The van der Waals surface area contributed by atoms with Gasteiger partial charge in [-0.05, 0) is 43.7 Å². The number of nitrogens with one attached hydrogen (secondary N) is 2. The summed E-state index contributed by atoms with van der Waals surface area (Å²) in [5, 5.41) is 5.23. The number of anilines is 1. The van der Waals surface area contributed by atoms with E-state index in [0.717, 1.165) is 0 Å². The van der Waals surface area contributed by atoms with E-state index in [1.54, 1.807) is 6.92 Å². The molecular formula is C17H15ClF2N2O2. The van der Waals surface area contributed by atoms with E-state index in [0.29, 0.717) is 6.54 Å². The maximum Gasteiger partial charge on any atom is 0.258 e. The van der Waals surface area contributed by atoms with Gasteiger partial charge in [0, 0.05) is 12.2 Å². The maximum absolute atomic E-state index is 13.9. The molecule has 0 bridgehead atoms. The first-order chi connectivity index (χ1) is 11.3. The highest BCUT2D eigenvalue weighted by Crippen LogP contribution is 2.22. The molecule has 7 heteroatoms. The summed E-state index contributed by atoms with van der Waals surface area (Å²) in [6, 6.07) is 6.78. The number of aryl methyl sites for hydroxylation is 1. The Morgan fingerprint density at radius 3 is 2.42 bits per heavy atom. The van der Waals surface area contributed by atoms with Crippen molar-refractivity contribution in [2.24, 2.45) is 0 Å². The molecule has 2 amide bonds. The number of rotatable bonds is 4. The standard InChI is InChI=1S/C17H15ClF2N2O2/c1-3-21-16(23)12-8-10(5-7-13(12)18)22-17(24)11-6-4-9(2)14(19)15(11)20/h4-8H,3H2,1-2H3,(H,21,23)(H,22,24). The van der Waals surface area contributed by atoms with Gasteiger partial charge in [-0.3, -0.25) is 9.59 Å². The second kappa shape index (κ2) is 7.40. The zero-order valence-corrected chi connectivity index (χ0v) is 13.8. The molecule has 126 valence electrons. The molecule has 2 N–H and O–H groups in total. The van der Waals surface area contributed by atoms with E-state index in [-0.39, 0.29) is 21.8 Å². The van der Waals surface area contributed by atoms with E-state index in [4.69, 9.17) is 11.6 Å². The Bertz CT molecular complexity index is 809. The molecule has 0 unspecified atom stereocenters. The molecule has 0 aromatic heterocycles. The molecule has 0 aliphatic carbocycles. The monoisotopic (exact) mass is 352 g/mol. The van der Waals surface area contributed by atoms with Crippen LogP contribution in [0.15, 0.2) is 30.3 Å². The summed E-state index contributed by atoms with van der Waals surface area (Å²) in [6.45, 7) is 3.57. The first-order valence-corrected chi connectivity index (χ1v) is 7.56. The minimum absolute atomic E-state index is 0.106. The van der Waals surface area contributed by atoms with Gasteiger partial charge in [-0.25, -0.2) is 8.78 Å². The first-order valence-electron chi connectivity index (χ1n) is 7.18. The molecule has 2 aromatic rings. The summed E-state index contributed by atoms with van der Waals surface area (Å²) in [5.41, 5.74) is 0.0968. The fraction of sp³-hybridized carbons (Fsp3) is 0.176. The fourth-order valence-electron chi connectivity index (χ4n) is 2.05. The Hall–Kier alpha value is -2.47. The van der Waals surface area contributed by atoms with E-state index in [1.807, 2.05) is 0 Å². The predicted molar refractivity (Wildman–Crippen MR) is 88.5 cm³/mol. The Balaban J connectivity index is 2.28. The summed E-state index contributed by atoms with van der Waals surface area (Å²) < 4.78 is 27.4. The average molecular weight is 353 g/mol. The van der Waals surface area contributed by atoms with Gasteiger partial charge in [-0.1, -0.05) is 17.7 Å². The quantitative estimate of drug-likeness (QED) is 0.876. The zero-order chi connectivity index (χ0) is 17.9. The van der Waals surface area contributed by atoms with Gasteiger partial charge in [-0.15, -0.1) is 0 Å². The normalized spacial score (nSPS) is 10.4. The van der Waals surface area contributed by atoms with Crippen LogP contribution in [0.4, 0.5) is 14.5 Å². The van der Waals surface area contributed by atoms with Crippen molar-refractivity contribution in [3.8, 4) is 0 Å². The first kappa shape index (κ1) is 17.9. The van der Waals surface area contributed by atoms with Gasteiger partial charge in [0.25, 0.3) is 11.8 Å². The molecule has 0 saturated heterocycles. The molecule has 4 nitrogen and oxygen atoms in total. The molecule has 24 heavy (non-hydrogen) atoms. The minimum atomic E-state index is -1.22. The Morgan fingerprint density at radius 2 is 1.75 bits per heavy atom. The number of benzene rings is 2. The van der Waals surface area contributed by atoms with Gasteiger partial charge in [0.1, 0.15) is 0 Å². The lowest BCUT2D eigenvalue weighted by Crippen LogP contribution is -2.23. The third-order valence-corrected chi connectivity index (χ3v) is 3.66. The Kier molecular flexibility index (Phi) is 5.51. The second-order valence-electron chi connectivity index (χ2n) is 5.07. The Labute approximate surface area is 142 Å². The molecule has 0 heterocycles. The number of halogens is 3. The van der Waals surface area contributed by atoms with E-state index in [1.165, 1.54) is 37.3 Å². The lowest BCUT2D eigenvalue weighted by molar-refractivity contribution is 0.0954. The van der Waals surface area contributed by atoms with Crippen LogP contribution in [-0.4, -0.2) is 18.4 Å². The van der Waals surface area contributed by atoms with Crippen LogP contribution in [0.1, 0.15) is 33.2 Å². The van der Waals surface area contributed by atoms with Crippen molar-refractivity contribution < 1.29 is 18.4 Å². The van der Waals surface area contributed by atoms with Crippen molar-refractivity contribution >= 4 is 29.1 Å². The van der Waals surface area contributed by atoms with Crippen molar-refractivity contribution in [3.63, 3.8) is 0 Å². The molecule has 2 rings (SSSR count). The SMILES string of the molecule is CCNC(=O)c1cc(NC(=O)c2ccc(C)c(F)c2F)ccc1Cl. The van der Waals surface area contributed by atoms with Gasteiger partial charge in [-0.2, -0.15) is 0 Å². The van der Waals surface area contributed by atoms with Crippen molar-refractivity contribution in [3.05, 3.63) is 63.7 Å². The largest absolute Gasteiger partial charge is 0.352 e. The van der Waals surface area contributed by atoms with Crippen LogP contribution >= 0.6 is 11.6 Å². The summed E-state index contributed by atoms with van der Waals surface area (Å²) in [7, 11) is 0. The van der Waals surface area contributed by atoms with Crippen molar-refractivity contribution in [2.75, 3.05) is 11.9 Å². The molecule has 0 atom stereocenters. The van der Waals surface area contributed by atoms with Crippen LogP contribution in [-0.2, 0) is 0 Å². The summed E-state index contributed by atoms with van der Waals surface area (Å²) in [6.07, 6.45) is 0. The smallest absolute Gasteiger partial charge is 0.258 e. The molecule has 0 fully saturated rings. The molecule has 0 aliphatic heterocycles. The van der Waals surface area contributed by atoms with E-state index >= 15 is 0 Å². The number of amides is 2. The molecular weight excluding hydrogens is 338 g/mol. The topological polar surface area (TPSA) is 58.2 Å². The van der Waals surface area contributed by atoms with Crippen LogP contribution in [0.2, 0.25) is 5.02 Å². The molecule has 0 spiro atoms. The lowest BCUT2D eigenvalue weighted by atomic mass is 10.1. The maximum atomic E-state index is 13.9. The molecule has 0 aliphatic rings. The number of hydrogen-bond donors (Lipinski definition) is 2. The van der Waals surface area contributed by atoms with Gasteiger partial charge in [0.2, 0.25) is 0 Å². The van der Waals surface area contributed by atoms with Crippen molar-refractivity contribution in [1.82, 2.24) is 5.32 Å². The van der Waals surface area contributed by atoms with Gasteiger partial charge in [0.15, 0.2) is 11.6 Å². The predicted octanol–water partition coefficient (Wildman–Crippen LogP) is 3.93. The van der Waals surface area contributed by atoms with Crippen LogP contribution in [0.25, 0.3) is 0 Å². The lowest BCUT2D eigenvalue weighted by Gasteiger charge is -2.10. The van der Waals surface area contributed by atoms with Crippen molar-refractivity contribution in [2.45, 2.75) is 13.8 Å². The summed E-state index contributed by atoms with van der Waals surface area (Å²) in [5.74, 6) is -3.51. The number of carbonyl (C=O) groups excluding carboxylic acids is 2.